The molecule has 1 aromatic carbocycles. The number of benzene rings is 1. The van der Waals surface area contributed by atoms with E-state index in [4.69, 9.17) is 0 Å². The van der Waals surface area contributed by atoms with Crippen LogP contribution < -0.4 is 0 Å². The number of nitro groups is 1. The van der Waals surface area contributed by atoms with E-state index in [0.29, 0.717) is 6.42 Å². The summed E-state index contributed by atoms with van der Waals surface area (Å²) in [6, 6.07) is 7.75. The third kappa shape index (κ3) is 3.40. The molecule has 1 aliphatic carbocycles. The van der Waals surface area contributed by atoms with Gasteiger partial charge in [0.05, 0.1) is 5.92 Å². The first-order valence-electron chi connectivity index (χ1n) is 6.79. The van der Waals surface area contributed by atoms with Crippen LogP contribution in [-0.4, -0.2) is 17.3 Å². The Balaban J connectivity index is 2.29. The first-order chi connectivity index (χ1) is 9.08. The maximum atomic E-state index is 12.1. The van der Waals surface area contributed by atoms with Crippen LogP contribution in [0.4, 0.5) is 0 Å². The zero-order valence-electron chi connectivity index (χ0n) is 11.2. The smallest absolute Gasteiger partial charge is 0.211 e. The normalized spacial score (nSPS) is 21.1. The second-order valence-corrected chi connectivity index (χ2v) is 5.35. The molecule has 0 aromatic heterocycles. The van der Waals surface area contributed by atoms with Gasteiger partial charge < -0.3 is 0 Å². The van der Waals surface area contributed by atoms with Crippen molar-refractivity contribution in [1.82, 2.24) is 0 Å². The van der Waals surface area contributed by atoms with Gasteiger partial charge >= 0.3 is 0 Å². The molecule has 1 aromatic rings. The maximum Gasteiger partial charge on any atom is 0.211 e. The van der Waals surface area contributed by atoms with Crippen LogP contribution in [0.1, 0.15) is 42.7 Å². The molecular weight excluding hydrogens is 242 g/mol. The second-order valence-electron chi connectivity index (χ2n) is 5.35. The molecule has 0 heterocycles. The fourth-order valence-corrected chi connectivity index (χ4v) is 2.96. The second kappa shape index (κ2) is 5.95. The summed E-state index contributed by atoms with van der Waals surface area (Å²) in [4.78, 5) is 22.7. The van der Waals surface area contributed by atoms with Gasteiger partial charge in [0.1, 0.15) is 5.78 Å². The van der Waals surface area contributed by atoms with Crippen molar-refractivity contribution in [3.05, 3.63) is 45.5 Å². The maximum absolute atomic E-state index is 12.1. The van der Waals surface area contributed by atoms with Crippen LogP contribution in [0.5, 0.6) is 0 Å². The van der Waals surface area contributed by atoms with E-state index in [2.05, 4.69) is 0 Å². The summed E-state index contributed by atoms with van der Waals surface area (Å²) in [5.41, 5.74) is 2.01. The standard InChI is InChI=1S/C15H19NO3/c1-11-5-4-6-12(9-11)14(10-16(18)19)13-7-2-3-8-15(13)17/h4-6,9,13-14H,2-3,7-8,10H2,1H3/t13?,14-/m1/s1. The van der Waals surface area contributed by atoms with E-state index >= 15 is 0 Å². The van der Waals surface area contributed by atoms with Crippen LogP contribution in [0.15, 0.2) is 24.3 Å². The van der Waals surface area contributed by atoms with Crippen LogP contribution in [0.25, 0.3) is 0 Å². The zero-order chi connectivity index (χ0) is 13.8. The van der Waals surface area contributed by atoms with Gasteiger partial charge in [-0.15, -0.1) is 0 Å². The largest absolute Gasteiger partial charge is 0.299 e. The topological polar surface area (TPSA) is 60.2 Å². The summed E-state index contributed by atoms with van der Waals surface area (Å²) in [6.07, 6.45) is 3.28. The number of rotatable bonds is 4. The summed E-state index contributed by atoms with van der Waals surface area (Å²) in [5, 5.41) is 10.9. The van der Waals surface area contributed by atoms with E-state index in [1.807, 2.05) is 31.2 Å². The number of aryl methyl sites for hydroxylation is 1. The lowest BCUT2D eigenvalue weighted by molar-refractivity contribution is -0.484. The predicted octanol–water partition coefficient (Wildman–Crippen LogP) is 3.11. The van der Waals surface area contributed by atoms with Crippen molar-refractivity contribution in [1.29, 1.82) is 0 Å². The van der Waals surface area contributed by atoms with Gasteiger partial charge in [-0.1, -0.05) is 36.2 Å². The van der Waals surface area contributed by atoms with Crippen molar-refractivity contribution < 1.29 is 9.72 Å². The van der Waals surface area contributed by atoms with Crippen molar-refractivity contribution in [2.45, 2.75) is 38.5 Å². The zero-order valence-corrected chi connectivity index (χ0v) is 11.2. The predicted molar refractivity (Wildman–Crippen MR) is 72.7 cm³/mol. The van der Waals surface area contributed by atoms with Gasteiger partial charge in [0, 0.05) is 17.3 Å². The van der Waals surface area contributed by atoms with Crippen molar-refractivity contribution in [3.8, 4) is 0 Å². The fourth-order valence-electron chi connectivity index (χ4n) is 2.96. The summed E-state index contributed by atoms with van der Waals surface area (Å²) in [5.74, 6) is -0.261. The van der Waals surface area contributed by atoms with E-state index in [1.165, 1.54) is 0 Å². The Kier molecular flexibility index (Phi) is 4.30. The average Bonchev–Trinajstić information content (AvgIpc) is 2.37. The van der Waals surface area contributed by atoms with Gasteiger partial charge in [0.2, 0.25) is 6.54 Å². The van der Waals surface area contributed by atoms with Gasteiger partial charge in [-0.25, -0.2) is 0 Å². The van der Waals surface area contributed by atoms with Crippen molar-refractivity contribution in [2.24, 2.45) is 5.92 Å². The van der Waals surface area contributed by atoms with Gasteiger partial charge in [0.15, 0.2) is 0 Å². The van der Waals surface area contributed by atoms with Crippen LogP contribution in [-0.2, 0) is 4.79 Å². The highest BCUT2D eigenvalue weighted by Gasteiger charge is 2.34. The summed E-state index contributed by atoms with van der Waals surface area (Å²) in [7, 11) is 0. The molecule has 1 fully saturated rings. The van der Waals surface area contributed by atoms with Crippen LogP contribution in [0.2, 0.25) is 0 Å². The number of hydrogen-bond donors (Lipinski definition) is 0. The van der Waals surface area contributed by atoms with Crippen molar-refractivity contribution >= 4 is 5.78 Å². The molecule has 102 valence electrons. The Bertz CT molecular complexity index is 484. The molecule has 0 spiro atoms. The molecule has 2 rings (SSSR count). The number of nitrogens with zero attached hydrogens (tertiary/aromatic N) is 1. The highest BCUT2D eigenvalue weighted by molar-refractivity contribution is 5.82. The Hall–Kier alpha value is -1.71. The van der Waals surface area contributed by atoms with Gasteiger partial charge in [0.25, 0.3) is 0 Å². The Morgan fingerprint density at radius 3 is 2.84 bits per heavy atom. The van der Waals surface area contributed by atoms with Crippen LogP contribution in [0.3, 0.4) is 0 Å². The summed E-state index contributed by atoms with van der Waals surface area (Å²) < 4.78 is 0. The number of carbonyl (C=O) groups is 1. The fraction of sp³-hybridized carbons (Fsp3) is 0.533. The lowest BCUT2D eigenvalue weighted by atomic mass is 9.76. The first-order valence-corrected chi connectivity index (χ1v) is 6.79. The number of carbonyl (C=O) groups excluding carboxylic acids is 1. The molecule has 0 aliphatic heterocycles. The number of hydrogen-bond acceptors (Lipinski definition) is 3. The molecule has 0 bridgehead atoms. The summed E-state index contributed by atoms with van der Waals surface area (Å²) >= 11 is 0. The molecule has 2 atom stereocenters. The van der Waals surface area contributed by atoms with Gasteiger partial charge in [-0.2, -0.15) is 0 Å². The first kappa shape index (κ1) is 13.7. The molecule has 0 N–H and O–H groups in total. The van der Waals surface area contributed by atoms with E-state index in [1.54, 1.807) is 0 Å². The molecule has 0 radical (unpaired) electrons. The minimum atomic E-state index is -0.297. The number of ketones is 1. The van der Waals surface area contributed by atoms with Crippen LogP contribution >= 0.6 is 0 Å². The lowest BCUT2D eigenvalue weighted by Gasteiger charge is -2.27. The van der Waals surface area contributed by atoms with Crippen molar-refractivity contribution in [3.63, 3.8) is 0 Å². The molecule has 1 saturated carbocycles. The molecular formula is C15H19NO3. The Morgan fingerprint density at radius 1 is 1.42 bits per heavy atom. The minimum absolute atomic E-state index is 0.153. The van der Waals surface area contributed by atoms with Crippen molar-refractivity contribution in [2.75, 3.05) is 6.54 Å². The quantitative estimate of drug-likeness (QED) is 0.618. The Morgan fingerprint density at radius 2 is 2.21 bits per heavy atom. The molecule has 19 heavy (non-hydrogen) atoms. The van der Waals surface area contributed by atoms with E-state index in [9.17, 15) is 14.9 Å². The third-order valence-corrected chi connectivity index (χ3v) is 3.90. The molecule has 1 aliphatic rings. The molecule has 4 heteroatoms. The number of Topliss-reactive ketones (excluding diaryl/α,β-unsaturated/α-hetero) is 1. The monoisotopic (exact) mass is 261 g/mol. The highest BCUT2D eigenvalue weighted by atomic mass is 16.6. The average molecular weight is 261 g/mol. The third-order valence-electron chi connectivity index (χ3n) is 3.90. The molecule has 4 nitrogen and oxygen atoms in total. The van der Waals surface area contributed by atoms with Gasteiger partial charge in [-0.05, 0) is 25.3 Å². The van der Waals surface area contributed by atoms with E-state index in [0.717, 1.165) is 30.4 Å². The lowest BCUT2D eigenvalue weighted by Crippen LogP contribution is -2.30. The van der Waals surface area contributed by atoms with E-state index in [-0.39, 0.29) is 29.1 Å². The van der Waals surface area contributed by atoms with E-state index < -0.39 is 0 Å². The summed E-state index contributed by atoms with van der Waals surface area (Å²) in [6.45, 7) is 1.81. The van der Waals surface area contributed by atoms with Gasteiger partial charge in [-0.3, -0.25) is 14.9 Å². The van der Waals surface area contributed by atoms with Crippen LogP contribution in [0, 0.1) is 23.0 Å². The molecule has 1 unspecified atom stereocenters. The Labute approximate surface area is 113 Å². The SMILES string of the molecule is Cc1cccc([C@@H](C[N+](=O)[O-])C2CCCCC2=O)c1. The molecule has 0 amide bonds. The minimum Gasteiger partial charge on any atom is -0.299 e. The molecule has 0 saturated heterocycles. The highest BCUT2D eigenvalue weighted by Crippen LogP contribution is 2.34.